The number of hydrogen-bond donors (Lipinski definition) is 4. The van der Waals surface area contributed by atoms with E-state index in [-0.39, 0.29) is 24.3 Å². The van der Waals surface area contributed by atoms with Crippen molar-refractivity contribution in [2.24, 2.45) is 0 Å². The highest BCUT2D eigenvalue weighted by atomic mass is 19.3. The van der Waals surface area contributed by atoms with Crippen LogP contribution < -0.4 is 14.8 Å². The van der Waals surface area contributed by atoms with Crippen molar-refractivity contribution in [3.05, 3.63) is 36.2 Å². The molecule has 5 rings (SSSR count). The van der Waals surface area contributed by atoms with Gasteiger partial charge in [-0.05, 0) is 44.4 Å². The average Bonchev–Trinajstić information content (AvgIpc) is 3.29. The fourth-order valence-corrected chi connectivity index (χ4v) is 4.58. The van der Waals surface area contributed by atoms with Crippen LogP contribution in [0.15, 0.2) is 30.6 Å². The van der Waals surface area contributed by atoms with Crippen molar-refractivity contribution in [3.8, 4) is 11.6 Å². The molecule has 1 saturated carbocycles. The zero-order valence-electron chi connectivity index (χ0n) is 19.6. The Morgan fingerprint density at radius 3 is 2.53 bits per heavy atom. The molecule has 2 fully saturated rings. The quantitative estimate of drug-likeness (QED) is 0.357. The van der Waals surface area contributed by atoms with Crippen LogP contribution in [0.3, 0.4) is 0 Å². The Hall–Kier alpha value is -3.13. The lowest BCUT2D eigenvalue weighted by Crippen LogP contribution is -2.48. The van der Waals surface area contributed by atoms with E-state index in [1.807, 2.05) is 0 Å². The van der Waals surface area contributed by atoms with Gasteiger partial charge in [0.05, 0.1) is 11.7 Å². The molecule has 3 heterocycles. The van der Waals surface area contributed by atoms with E-state index in [2.05, 4.69) is 25.0 Å². The number of nitrogens with one attached hydrogen (secondary N) is 1. The van der Waals surface area contributed by atoms with E-state index in [0.29, 0.717) is 35.5 Å². The molecule has 0 spiro atoms. The highest BCUT2D eigenvalue weighted by Gasteiger charge is 2.44. The Kier molecular flexibility index (Phi) is 6.41. The van der Waals surface area contributed by atoms with Gasteiger partial charge in [-0.1, -0.05) is 12.1 Å². The summed E-state index contributed by atoms with van der Waals surface area (Å²) >= 11 is 0. The van der Waals surface area contributed by atoms with Crippen LogP contribution >= 0.6 is 0 Å². The predicted octanol–water partition coefficient (Wildman–Crippen LogP) is 1.97. The number of nitrogens with zero attached hydrogens (tertiary/aromatic N) is 4. The maximum atomic E-state index is 12.4. The maximum absolute atomic E-state index is 12.4. The van der Waals surface area contributed by atoms with Crippen LogP contribution in [0, 0.1) is 0 Å². The molecule has 11 nitrogen and oxygen atoms in total. The molecule has 0 amide bonds. The minimum atomic E-state index is -2.91. The van der Waals surface area contributed by atoms with E-state index in [9.17, 15) is 24.1 Å². The third kappa shape index (κ3) is 4.78. The summed E-state index contributed by atoms with van der Waals surface area (Å²) in [6.07, 6.45) is -1.61. The average molecular weight is 507 g/mol. The van der Waals surface area contributed by atoms with Crippen LogP contribution in [0.4, 0.5) is 14.7 Å². The zero-order valence-corrected chi connectivity index (χ0v) is 19.6. The molecule has 1 aromatic carbocycles. The highest BCUT2D eigenvalue weighted by molar-refractivity contribution is 5.79. The molecule has 0 radical (unpaired) electrons. The number of anilines is 1. The van der Waals surface area contributed by atoms with E-state index < -0.39 is 36.8 Å². The first-order valence-electron chi connectivity index (χ1n) is 11.5. The monoisotopic (exact) mass is 507 g/mol. The number of aliphatic hydroxyl groups is 3. The smallest absolute Gasteiger partial charge is 0.387 e. The van der Waals surface area contributed by atoms with Gasteiger partial charge in [0.2, 0.25) is 11.8 Å². The molecule has 3 aromatic rings. The van der Waals surface area contributed by atoms with Crippen molar-refractivity contribution in [2.45, 2.75) is 76.1 Å². The van der Waals surface area contributed by atoms with E-state index in [4.69, 9.17) is 9.47 Å². The molecule has 1 saturated heterocycles. The number of hydrogen-bond acceptors (Lipinski definition) is 10. The first-order chi connectivity index (χ1) is 17.1. The topological polar surface area (TPSA) is 144 Å². The molecule has 0 unspecified atom stereocenters. The van der Waals surface area contributed by atoms with Gasteiger partial charge in [0.15, 0.2) is 17.4 Å². The van der Waals surface area contributed by atoms with Gasteiger partial charge in [-0.25, -0.2) is 9.97 Å². The van der Waals surface area contributed by atoms with Crippen LogP contribution in [0.25, 0.3) is 11.2 Å². The maximum Gasteiger partial charge on any atom is 0.387 e. The van der Waals surface area contributed by atoms with E-state index >= 15 is 0 Å². The standard InChI is InChI=1S/C23H27F2N5O6/c1-11-16(31)17(32)20(35-11)30-18-15(29-22(30)28-13-7-23(2,33)8-13)19(27-10-26-18)34-9-12-3-5-14(6-4-12)36-21(24)25/h3-6,10-11,13,16-17,20-21,31-33H,7-9H2,1-2H3,(H,28,29)/t11-,13-,16-,17-,20-,23+/m1/s1. The molecule has 4 atom stereocenters. The second-order valence-corrected chi connectivity index (χ2v) is 9.43. The summed E-state index contributed by atoms with van der Waals surface area (Å²) in [6, 6.07) is 5.94. The SMILES string of the molecule is C[C@H]1O[C@@H](n2c(N[C@H]3C[C@@](C)(O)C3)nc3c(OCc4ccc(OC(F)F)cc4)ncnc32)[C@H](O)[C@@H]1O. The fourth-order valence-electron chi connectivity index (χ4n) is 4.58. The van der Waals surface area contributed by atoms with Crippen molar-refractivity contribution in [1.29, 1.82) is 0 Å². The van der Waals surface area contributed by atoms with Gasteiger partial charge in [-0.15, -0.1) is 0 Å². The van der Waals surface area contributed by atoms with Gasteiger partial charge in [0.25, 0.3) is 0 Å². The summed E-state index contributed by atoms with van der Waals surface area (Å²) in [4.78, 5) is 13.1. The van der Waals surface area contributed by atoms with Crippen LogP contribution in [0.1, 0.15) is 38.5 Å². The van der Waals surface area contributed by atoms with Crippen LogP contribution in [-0.4, -0.2) is 71.4 Å². The zero-order chi connectivity index (χ0) is 25.6. The van der Waals surface area contributed by atoms with Crippen molar-refractivity contribution in [3.63, 3.8) is 0 Å². The Bertz CT molecular complexity index is 1220. The molecule has 2 aliphatic rings. The molecular weight excluding hydrogens is 480 g/mol. The van der Waals surface area contributed by atoms with Crippen LogP contribution in [0.5, 0.6) is 11.6 Å². The molecule has 194 valence electrons. The number of fused-ring (bicyclic) bond motifs is 1. The predicted molar refractivity (Wildman–Crippen MR) is 122 cm³/mol. The number of aliphatic hydroxyl groups excluding tert-OH is 2. The molecular formula is C23H27F2N5O6. The Morgan fingerprint density at radius 1 is 1.19 bits per heavy atom. The van der Waals surface area contributed by atoms with E-state index in [0.717, 1.165) is 0 Å². The molecule has 1 aliphatic carbocycles. The Balaban J connectivity index is 1.43. The number of imidazole rings is 1. The molecule has 0 bridgehead atoms. The van der Waals surface area contributed by atoms with Crippen molar-refractivity contribution in [2.75, 3.05) is 5.32 Å². The number of halogens is 2. The molecule has 36 heavy (non-hydrogen) atoms. The Labute approximate surface area is 204 Å². The van der Waals surface area contributed by atoms with Crippen LogP contribution in [0.2, 0.25) is 0 Å². The van der Waals surface area contributed by atoms with Crippen molar-refractivity contribution >= 4 is 17.1 Å². The molecule has 1 aliphatic heterocycles. The molecule has 2 aromatic heterocycles. The van der Waals surface area contributed by atoms with Gasteiger partial charge >= 0.3 is 6.61 Å². The summed E-state index contributed by atoms with van der Waals surface area (Å²) in [6.45, 7) is 0.571. The second-order valence-electron chi connectivity index (χ2n) is 9.43. The second kappa shape index (κ2) is 9.39. The molecule has 13 heteroatoms. The lowest BCUT2D eigenvalue weighted by Gasteiger charge is -2.41. The summed E-state index contributed by atoms with van der Waals surface area (Å²) in [5.41, 5.74) is 0.532. The van der Waals surface area contributed by atoms with E-state index in [1.165, 1.54) is 18.5 Å². The summed E-state index contributed by atoms with van der Waals surface area (Å²) < 4.78 is 42.4. The van der Waals surface area contributed by atoms with Gasteiger partial charge in [0.1, 0.15) is 30.9 Å². The minimum absolute atomic E-state index is 0.0362. The summed E-state index contributed by atoms with van der Waals surface area (Å²) in [5, 5.41) is 34.3. The third-order valence-electron chi connectivity index (χ3n) is 6.40. The number of aromatic nitrogens is 4. The summed E-state index contributed by atoms with van der Waals surface area (Å²) in [5.74, 6) is 0.528. The fraction of sp³-hybridized carbons (Fsp3) is 0.522. The number of alkyl halides is 2. The normalized spacial score (nSPS) is 29.9. The number of ether oxygens (including phenoxy) is 3. The third-order valence-corrected chi connectivity index (χ3v) is 6.40. The van der Waals surface area contributed by atoms with Gasteiger partial charge in [-0.2, -0.15) is 13.8 Å². The Morgan fingerprint density at radius 2 is 1.92 bits per heavy atom. The number of benzene rings is 1. The largest absolute Gasteiger partial charge is 0.471 e. The van der Waals surface area contributed by atoms with E-state index in [1.54, 1.807) is 30.5 Å². The first-order valence-corrected chi connectivity index (χ1v) is 11.5. The number of rotatable bonds is 8. The minimum Gasteiger partial charge on any atom is -0.471 e. The first kappa shape index (κ1) is 24.6. The van der Waals surface area contributed by atoms with Crippen molar-refractivity contribution < 1.29 is 38.3 Å². The highest BCUT2D eigenvalue weighted by Crippen LogP contribution is 2.39. The van der Waals surface area contributed by atoms with Gasteiger partial charge in [-0.3, -0.25) is 4.57 Å². The van der Waals surface area contributed by atoms with Crippen LogP contribution in [-0.2, 0) is 11.3 Å². The van der Waals surface area contributed by atoms with Gasteiger partial charge in [0, 0.05) is 6.04 Å². The van der Waals surface area contributed by atoms with Gasteiger partial charge < -0.3 is 34.8 Å². The summed E-state index contributed by atoms with van der Waals surface area (Å²) in [7, 11) is 0. The van der Waals surface area contributed by atoms with Crippen molar-refractivity contribution in [1.82, 2.24) is 19.5 Å². The lowest BCUT2D eigenvalue weighted by atomic mass is 9.77. The lowest BCUT2D eigenvalue weighted by molar-refractivity contribution is -0.0498. The molecule has 4 N–H and O–H groups in total.